The van der Waals surface area contributed by atoms with Crippen LogP contribution in [0.3, 0.4) is 0 Å². The van der Waals surface area contributed by atoms with Crippen LogP contribution in [0.15, 0.2) is 0 Å². The van der Waals surface area contributed by atoms with E-state index in [-0.39, 0.29) is 11.8 Å². The number of hydrogen-bond acceptors (Lipinski definition) is 5. The SMILES string of the molecule is CCOCc1nnc(NC(=O)C2CCCC2)s1. The topological polar surface area (TPSA) is 64.1 Å². The van der Waals surface area contributed by atoms with Crippen molar-refractivity contribution < 1.29 is 9.53 Å². The quantitative estimate of drug-likeness (QED) is 0.876. The summed E-state index contributed by atoms with van der Waals surface area (Å²) in [4.78, 5) is 11.8. The van der Waals surface area contributed by atoms with Gasteiger partial charge < -0.3 is 10.1 Å². The standard InChI is InChI=1S/C11H17N3O2S/c1-2-16-7-9-13-14-11(17-9)12-10(15)8-5-3-4-6-8/h8H,2-7H2,1H3,(H,12,14,15). The monoisotopic (exact) mass is 255 g/mol. The summed E-state index contributed by atoms with van der Waals surface area (Å²) in [5, 5.41) is 12.1. The Morgan fingerprint density at radius 3 is 2.94 bits per heavy atom. The molecule has 1 saturated carbocycles. The Morgan fingerprint density at radius 2 is 2.24 bits per heavy atom. The number of nitrogens with one attached hydrogen (secondary N) is 1. The first kappa shape index (κ1) is 12.4. The van der Waals surface area contributed by atoms with Crippen LogP contribution in [0.2, 0.25) is 0 Å². The molecule has 2 rings (SSSR count). The lowest BCUT2D eigenvalue weighted by Crippen LogP contribution is -2.20. The minimum Gasteiger partial charge on any atom is -0.374 e. The molecule has 1 heterocycles. The van der Waals surface area contributed by atoms with Crippen molar-refractivity contribution in [3.63, 3.8) is 0 Å². The lowest BCUT2D eigenvalue weighted by atomic mass is 10.1. The molecule has 1 aromatic heterocycles. The molecule has 1 fully saturated rings. The lowest BCUT2D eigenvalue weighted by Gasteiger charge is -2.06. The van der Waals surface area contributed by atoms with Gasteiger partial charge in [0.25, 0.3) is 0 Å². The molecule has 1 amide bonds. The average molecular weight is 255 g/mol. The van der Waals surface area contributed by atoms with Crippen molar-refractivity contribution >= 4 is 22.4 Å². The van der Waals surface area contributed by atoms with E-state index >= 15 is 0 Å². The third-order valence-corrected chi connectivity index (χ3v) is 3.66. The Labute approximate surface area is 105 Å². The predicted molar refractivity (Wildman–Crippen MR) is 65.8 cm³/mol. The zero-order valence-electron chi connectivity index (χ0n) is 9.94. The van der Waals surface area contributed by atoms with Gasteiger partial charge >= 0.3 is 0 Å². The largest absolute Gasteiger partial charge is 0.374 e. The van der Waals surface area contributed by atoms with Crippen LogP contribution in [-0.2, 0) is 16.1 Å². The highest BCUT2D eigenvalue weighted by molar-refractivity contribution is 7.15. The maximum absolute atomic E-state index is 11.8. The molecule has 0 atom stereocenters. The Bertz CT molecular complexity index is 375. The third kappa shape index (κ3) is 3.47. The van der Waals surface area contributed by atoms with E-state index in [0.29, 0.717) is 18.3 Å². The van der Waals surface area contributed by atoms with Crippen molar-refractivity contribution in [2.45, 2.75) is 39.2 Å². The maximum atomic E-state index is 11.8. The maximum Gasteiger partial charge on any atom is 0.229 e. The van der Waals surface area contributed by atoms with Crippen molar-refractivity contribution in [2.75, 3.05) is 11.9 Å². The van der Waals surface area contributed by atoms with Crippen molar-refractivity contribution in [2.24, 2.45) is 5.92 Å². The second-order valence-corrected chi connectivity index (χ2v) is 5.17. The highest BCUT2D eigenvalue weighted by Gasteiger charge is 2.23. The van der Waals surface area contributed by atoms with Gasteiger partial charge in [-0.3, -0.25) is 4.79 Å². The minimum atomic E-state index is 0.0848. The van der Waals surface area contributed by atoms with Gasteiger partial charge in [-0.05, 0) is 19.8 Å². The number of aromatic nitrogens is 2. The molecule has 17 heavy (non-hydrogen) atoms. The fourth-order valence-corrected chi connectivity index (χ4v) is 2.63. The summed E-state index contributed by atoms with van der Waals surface area (Å²) < 4.78 is 5.23. The van der Waals surface area contributed by atoms with Gasteiger partial charge in [0.05, 0.1) is 0 Å². The van der Waals surface area contributed by atoms with Gasteiger partial charge in [-0.15, -0.1) is 10.2 Å². The fraction of sp³-hybridized carbons (Fsp3) is 0.727. The molecule has 94 valence electrons. The Hall–Kier alpha value is -1.01. The van der Waals surface area contributed by atoms with E-state index in [1.807, 2.05) is 6.92 Å². The Balaban J connectivity index is 1.85. The molecule has 1 N–H and O–H groups in total. The molecule has 0 saturated heterocycles. The number of nitrogens with zero attached hydrogens (tertiary/aromatic N) is 2. The zero-order chi connectivity index (χ0) is 12.1. The number of carbonyl (C=O) groups excluding carboxylic acids is 1. The summed E-state index contributed by atoms with van der Waals surface area (Å²) in [7, 11) is 0. The molecule has 6 heteroatoms. The minimum absolute atomic E-state index is 0.0848. The molecule has 0 aromatic carbocycles. The molecule has 0 aliphatic heterocycles. The summed E-state index contributed by atoms with van der Waals surface area (Å²) in [6.07, 6.45) is 4.31. The van der Waals surface area contributed by atoms with Gasteiger partial charge in [-0.1, -0.05) is 24.2 Å². The number of amides is 1. The van der Waals surface area contributed by atoms with Crippen LogP contribution in [0.1, 0.15) is 37.6 Å². The predicted octanol–water partition coefficient (Wildman–Crippen LogP) is 2.20. The van der Waals surface area contributed by atoms with Crippen molar-refractivity contribution in [1.29, 1.82) is 0 Å². The first-order valence-electron chi connectivity index (χ1n) is 6.00. The van der Waals surface area contributed by atoms with Gasteiger partial charge in [-0.2, -0.15) is 0 Å². The molecule has 1 aromatic rings. The molecular weight excluding hydrogens is 238 g/mol. The second kappa shape index (κ2) is 6.07. The number of carbonyl (C=O) groups is 1. The van der Waals surface area contributed by atoms with E-state index in [0.717, 1.165) is 30.7 Å². The highest BCUT2D eigenvalue weighted by atomic mass is 32.1. The molecule has 1 aliphatic carbocycles. The van der Waals surface area contributed by atoms with Crippen LogP contribution in [0.5, 0.6) is 0 Å². The summed E-state index contributed by atoms with van der Waals surface area (Å²) in [6, 6.07) is 0. The summed E-state index contributed by atoms with van der Waals surface area (Å²) in [5.41, 5.74) is 0. The molecule has 0 unspecified atom stereocenters. The average Bonchev–Trinajstić information content (AvgIpc) is 2.97. The Morgan fingerprint density at radius 1 is 1.47 bits per heavy atom. The first-order chi connectivity index (χ1) is 8.29. The van der Waals surface area contributed by atoms with Crippen LogP contribution in [0, 0.1) is 5.92 Å². The molecule has 5 nitrogen and oxygen atoms in total. The van der Waals surface area contributed by atoms with Gasteiger partial charge in [0.15, 0.2) is 0 Å². The van der Waals surface area contributed by atoms with Crippen LogP contribution in [0.25, 0.3) is 0 Å². The van der Waals surface area contributed by atoms with Gasteiger partial charge in [-0.25, -0.2) is 0 Å². The van der Waals surface area contributed by atoms with E-state index in [1.165, 1.54) is 11.3 Å². The normalized spacial score (nSPS) is 16.3. The number of ether oxygens (including phenoxy) is 1. The summed E-state index contributed by atoms with van der Waals surface area (Å²) >= 11 is 1.38. The van der Waals surface area contributed by atoms with E-state index in [4.69, 9.17) is 4.74 Å². The highest BCUT2D eigenvalue weighted by Crippen LogP contribution is 2.26. The van der Waals surface area contributed by atoms with E-state index in [1.54, 1.807) is 0 Å². The summed E-state index contributed by atoms with van der Waals surface area (Å²) in [5.74, 6) is 0.246. The van der Waals surface area contributed by atoms with E-state index in [2.05, 4.69) is 15.5 Å². The molecular formula is C11H17N3O2S. The zero-order valence-corrected chi connectivity index (χ0v) is 10.8. The molecule has 0 radical (unpaired) electrons. The van der Waals surface area contributed by atoms with Crippen molar-refractivity contribution in [3.05, 3.63) is 5.01 Å². The molecule has 1 aliphatic rings. The fourth-order valence-electron chi connectivity index (χ4n) is 1.95. The second-order valence-electron chi connectivity index (χ2n) is 4.11. The number of hydrogen-bond donors (Lipinski definition) is 1. The van der Waals surface area contributed by atoms with Crippen LogP contribution < -0.4 is 5.32 Å². The van der Waals surface area contributed by atoms with E-state index < -0.39 is 0 Å². The number of anilines is 1. The van der Waals surface area contributed by atoms with Gasteiger partial charge in [0, 0.05) is 12.5 Å². The first-order valence-corrected chi connectivity index (χ1v) is 6.82. The third-order valence-electron chi connectivity index (χ3n) is 2.85. The van der Waals surface area contributed by atoms with Crippen molar-refractivity contribution in [1.82, 2.24) is 10.2 Å². The lowest BCUT2D eigenvalue weighted by molar-refractivity contribution is -0.119. The van der Waals surface area contributed by atoms with Gasteiger partial charge in [0.1, 0.15) is 11.6 Å². The summed E-state index contributed by atoms with van der Waals surface area (Å²) in [6.45, 7) is 3.06. The van der Waals surface area contributed by atoms with Crippen LogP contribution in [-0.4, -0.2) is 22.7 Å². The smallest absolute Gasteiger partial charge is 0.229 e. The van der Waals surface area contributed by atoms with Crippen LogP contribution >= 0.6 is 11.3 Å². The number of rotatable bonds is 5. The molecule has 0 bridgehead atoms. The van der Waals surface area contributed by atoms with Crippen molar-refractivity contribution in [3.8, 4) is 0 Å². The van der Waals surface area contributed by atoms with Crippen LogP contribution in [0.4, 0.5) is 5.13 Å². The molecule has 0 spiro atoms. The van der Waals surface area contributed by atoms with Gasteiger partial charge in [0.2, 0.25) is 11.0 Å². The van der Waals surface area contributed by atoms with E-state index in [9.17, 15) is 4.79 Å². The Kier molecular flexibility index (Phi) is 4.44.